The fraction of sp³-hybridized carbons (Fsp3) is 0.700. The molecule has 3 N–H and O–H groups in total. The van der Waals surface area contributed by atoms with Crippen molar-refractivity contribution in [1.82, 2.24) is 15.2 Å². The smallest absolute Gasteiger partial charge is 0.0887 e. The maximum atomic E-state index is 5.55. The maximum absolute atomic E-state index is 5.55. The zero-order valence-corrected chi connectivity index (χ0v) is 9.60. The Morgan fingerprint density at radius 3 is 2.87 bits per heavy atom. The fourth-order valence-corrected chi connectivity index (χ4v) is 1.69. The SMILES string of the molecule is CCOC(C)C(NN)c1ccnn1CC. The van der Waals surface area contributed by atoms with Crippen molar-refractivity contribution < 1.29 is 4.74 Å². The van der Waals surface area contributed by atoms with E-state index in [0.717, 1.165) is 12.2 Å². The Morgan fingerprint density at radius 2 is 2.33 bits per heavy atom. The highest BCUT2D eigenvalue weighted by Crippen LogP contribution is 2.17. The summed E-state index contributed by atoms with van der Waals surface area (Å²) in [5, 5.41) is 4.21. The van der Waals surface area contributed by atoms with E-state index in [2.05, 4.69) is 17.4 Å². The molecule has 5 heteroatoms. The average Bonchev–Trinajstić information content (AvgIpc) is 2.67. The second kappa shape index (κ2) is 5.85. The summed E-state index contributed by atoms with van der Waals surface area (Å²) in [6.07, 6.45) is 1.81. The zero-order valence-electron chi connectivity index (χ0n) is 9.60. The molecule has 1 rings (SSSR count). The third-order valence-corrected chi connectivity index (χ3v) is 2.45. The molecule has 0 radical (unpaired) electrons. The van der Waals surface area contributed by atoms with Gasteiger partial charge in [-0.25, -0.2) is 5.43 Å². The molecule has 1 aromatic heterocycles. The van der Waals surface area contributed by atoms with Crippen molar-refractivity contribution in [2.75, 3.05) is 6.61 Å². The van der Waals surface area contributed by atoms with E-state index in [1.54, 1.807) is 6.20 Å². The molecule has 0 aromatic carbocycles. The average molecular weight is 212 g/mol. The summed E-state index contributed by atoms with van der Waals surface area (Å²) in [6.45, 7) is 7.54. The first kappa shape index (κ1) is 12.2. The van der Waals surface area contributed by atoms with Crippen LogP contribution in [0, 0.1) is 0 Å². The number of aromatic nitrogens is 2. The molecule has 0 saturated carbocycles. The molecule has 0 bridgehead atoms. The van der Waals surface area contributed by atoms with Gasteiger partial charge >= 0.3 is 0 Å². The van der Waals surface area contributed by atoms with Crippen molar-refractivity contribution >= 4 is 0 Å². The van der Waals surface area contributed by atoms with E-state index < -0.39 is 0 Å². The summed E-state index contributed by atoms with van der Waals surface area (Å²) >= 11 is 0. The van der Waals surface area contributed by atoms with Gasteiger partial charge in [0.15, 0.2) is 0 Å². The molecule has 1 aromatic rings. The molecule has 2 atom stereocenters. The fourth-order valence-electron chi connectivity index (χ4n) is 1.69. The lowest BCUT2D eigenvalue weighted by atomic mass is 10.1. The topological polar surface area (TPSA) is 65.1 Å². The summed E-state index contributed by atoms with van der Waals surface area (Å²) in [5.41, 5.74) is 3.83. The van der Waals surface area contributed by atoms with E-state index in [1.165, 1.54) is 0 Å². The lowest BCUT2D eigenvalue weighted by Gasteiger charge is -2.23. The summed E-state index contributed by atoms with van der Waals surface area (Å²) in [4.78, 5) is 0. The van der Waals surface area contributed by atoms with Gasteiger partial charge in [0, 0.05) is 19.3 Å². The van der Waals surface area contributed by atoms with Crippen LogP contribution in [0.25, 0.3) is 0 Å². The number of nitrogens with zero attached hydrogens (tertiary/aromatic N) is 2. The second-order valence-corrected chi connectivity index (χ2v) is 3.38. The number of hydrazine groups is 1. The van der Waals surface area contributed by atoms with Gasteiger partial charge in [-0.2, -0.15) is 5.10 Å². The molecule has 0 fully saturated rings. The molecule has 86 valence electrons. The second-order valence-electron chi connectivity index (χ2n) is 3.38. The van der Waals surface area contributed by atoms with Crippen molar-refractivity contribution in [3.63, 3.8) is 0 Å². The van der Waals surface area contributed by atoms with Gasteiger partial charge < -0.3 is 4.74 Å². The normalized spacial score (nSPS) is 15.2. The van der Waals surface area contributed by atoms with Gasteiger partial charge in [0.25, 0.3) is 0 Å². The predicted octanol–water partition coefficient (Wildman–Crippen LogP) is 0.832. The number of ether oxygens (including phenoxy) is 1. The van der Waals surface area contributed by atoms with E-state index in [0.29, 0.717) is 6.61 Å². The summed E-state index contributed by atoms with van der Waals surface area (Å²) in [7, 11) is 0. The number of rotatable bonds is 6. The Morgan fingerprint density at radius 1 is 1.60 bits per heavy atom. The Kier molecular flexibility index (Phi) is 4.74. The van der Waals surface area contributed by atoms with Crippen molar-refractivity contribution in [3.8, 4) is 0 Å². The minimum absolute atomic E-state index is 0.0209. The number of nitrogens with two attached hydrogens (primary N) is 1. The Labute approximate surface area is 90.6 Å². The van der Waals surface area contributed by atoms with Crippen molar-refractivity contribution in [2.24, 2.45) is 5.84 Å². The number of aryl methyl sites for hydroxylation is 1. The van der Waals surface area contributed by atoms with Crippen LogP contribution in [0.4, 0.5) is 0 Å². The molecule has 0 aliphatic carbocycles. The number of nitrogens with one attached hydrogen (secondary N) is 1. The predicted molar refractivity (Wildman–Crippen MR) is 59.1 cm³/mol. The molecule has 2 unspecified atom stereocenters. The lowest BCUT2D eigenvalue weighted by Crippen LogP contribution is -2.38. The van der Waals surface area contributed by atoms with Gasteiger partial charge in [0.2, 0.25) is 0 Å². The molecule has 15 heavy (non-hydrogen) atoms. The minimum Gasteiger partial charge on any atom is -0.377 e. The highest BCUT2D eigenvalue weighted by Gasteiger charge is 2.21. The third-order valence-electron chi connectivity index (χ3n) is 2.45. The van der Waals surface area contributed by atoms with Crippen LogP contribution in [0.15, 0.2) is 12.3 Å². The first-order valence-corrected chi connectivity index (χ1v) is 5.34. The molecule has 1 heterocycles. The summed E-state index contributed by atoms with van der Waals surface area (Å²) < 4.78 is 7.45. The zero-order chi connectivity index (χ0) is 11.3. The summed E-state index contributed by atoms with van der Waals surface area (Å²) in [6, 6.07) is 1.94. The van der Waals surface area contributed by atoms with Gasteiger partial charge in [0.1, 0.15) is 0 Å². The van der Waals surface area contributed by atoms with E-state index >= 15 is 0 Å². The quantitative estimate of drug-likeness (QED) is 0.541. The Balaban J connectivity index is 2.81. The monoisotopic (exact) mass is 212 g/mol. The van der Waals surface area contributed by atoms with E-state index in [1.807, 2.05) is 24.6 Å². The molecule has 0 spiro atoms. The van der Waals surface area contributed by atoms with Crippen LogP contribution >= 0.6 is 0 Å². The largest absolute Gasteiger partial charge is 0.377 e. The van der Waals surface area contributed by atoms with Crippen LogP contribution in [0.1, 0.15) is 32.5 Å². The molecule has 0 aliphatic heterocycles. The molecule has 0 aliphatic rings. The Bertz CT molecular complexity index is 287. The van der Waals surface area contributed by atoms with Crippen LogP contribution < -0.4 is 11.3 Å². The van der Waals surface area contributed by atoms with Gasteiger partial charge in [0.05, 0.1) is 17.8 Å². The van der Waals surface area contributed by atoms with Crippen LogP contribution in [0.5, 0.6) is 0 Å². The lowest BCUT2D eigenvalue weighted by molar-refractivity contribution is 0.0449. The number of hydrogen-bond donors (Lipinski definition) is 2. The van der Waals surface area contributed by atoms with E-state index in [4.69, 9.17) is 10.6 Å². The van der Waals surface area contributed by atoms with Gasteiger partial charge in [-0.1, -0.05) is 0 Å². The standard InChI is InChI=1S/C10H20N4O/c1-4-14-9(6-7-12-14)10(13-11)8(3)15-5-2/h6-8,10,13H,4-5,11H2,1-3H3. The van der Waals surface area contributed by atoms with Gasteiger partial charge in [-0.05, 0) is 26.8 Å². The molecule has 5 nitrogen and oxygen atoms in total. The Hall–Kier alpha value is -0.910. The molecular formula is C10H20N4O. The molecule has 0 amide bonds. The van der Waals surface area contributed by atoms with Crippen molar-refractivity contribution in [3.05, 3.63) is 18.0 Å². The van der Waals surface area contributed by atoms with Gasteiger partial charge in [-0.3, -0.25) is 10.5 Å². The first-order valence-electron chi connectivity index (χ1n) is 5.34. The minimum atomic E-state index is -0.0209. The van der Waals surface area contributed by atoms with Crippen molar-refractivity contribution in [1.29, 1.82) is 0 Å². The maximum Gasteiger partial charge on any atom is 0.0887 e. The number of hydrogen-bond acceptors (Lipinski definition) is 4. The highest BCUT2D eigenvalue weighted by molar-refractivity contribution is 5.08. The van der Waals surface area contributed by atoms with E-state index in [-0.39, 0.29) is 12.1 Å². The van der Waals surface area contributed by atoms with Crippen LogP contribution in [0.3, 0.4) is 0 Å². The molecule has 0 saturated heterocycles. The van der Waals surface area contributed by atoms with Crippen molar-refractivity contribution in [2.45, 2.75) is 39.5 Å². The summed E-state index contributed by atoms with van der Waals surface area (Å²) in [5.74, 6) is 5.55. The van der Waals surface area contributed by atoms with E-state index in [9.17, 15) is 0 Å². The third kappa shape index (κ3) is 2.77. The van der Waals surface area contributed by atoms with Crippen LogP contribution in [0.2, 0.25) is 0 Å². The molecular weight excluding hydrogens is 192 g/mol. The first-order chi connectivity index (χ1) is 7.24. The van der Waals surface area contributed by atoms with Gasteiger partial charge in [-0.15, -0.1) is 0 Å². The van der Waals surface area contributed by atoms with Crippen LogP contribution in [-0.4, -0.2) is 22.5 Å². The van der Waals surface area contributed by atoms with Crippen LogP contribution in [-0.2, 0) is 11.3 Å². The highest BCUT2D eigenvalue weighted by atomic mass is 16.5.